The molecule has 1 aromatic heterocycles. The molecular weight excluding hydrogens is 207 g/mol. The summed E-state index contributed by atoms with van der Waals surface area (Å²) in [6.45, 7) is 0.638. The van der Waals surface area contributed by atoms with E-state index < -0.39 is 0 Å². The lowest BCUT2D eigenvalue weighted by Crippen LogP contribution is -2.00. The maximum atomic E-state index is 12.7. The van der Waals surface area contributed by atoms with Crippen molar-refractivity contribution in [3.8, 4) is 11.3 Å². The van der Waals surface area contributed by atoms with Crippen LogP contribution in [0.15, 0.2) is 34.9 Å². The zero-order valence-electron chi connectivity index (χ0n) is 8.82. The number of hydrogen-bond donors (Lipinski definition) is 1. The predicted molar refractivity (Wildman–Crippen MR) is 59.3 cm³/mol. The second-order valence-corrected chi connectivity index (χ2v) is 3.58. The van der Waals surface area contributed by atoms with Crippen LogP contribution < -0.4 is 5.73 Å². The van der Waals surface area contributed by atoms with E-state index in [1.54, 1.807) is 12.1 Å². The Bertz CT molecular complexity index is 450. The Labute approximate surface area is 93.1 Å². The number of nitrogens with zero attached hydrogens (tertiary/aromatic N) is 1. The van der Waals surface area contributed by atoms with E-state index in [4.69, 9.17) is 10.3 Å². The lowest BCUT2D eigenvalue weighted by molar-refractivity contribution is 0.422. The number of rotatable bonds is 4. The molecule has 4 heteroatoms. The normalized spacial score (nSPS) is 10.6. The van der Waals surface area contributed by atoms with Crippen LogP contribution in [0.1, 0.15) is 12.1 Å². The minimum atomic E-state index is -0.258. The van der Waals surface area contributed by atoms with Crippen molar-refractivity contribution in [1.82, 2.24) is 5.16 Å². The zero-order valence-corrected chi connectivity index (χ0v) is 8.82. The van der Waals surface area contributed by atoms with Crippen molar-refractivity contribution in [3.63, 3.8) is 0 Å². The summed E-state index contributed by atoms with van der Waals surface area (Å²) in [4.78, 5) is 0. The third-order valence-corrected chi connectivity index (χ3v) is 2.32. The number of aromatic nitrogens is 1. The Morgan fingerprint density at radius 3 is 2.69 bits per heavy atom. The molecule has 0 radical (unpaired) electrons. The van der Waals surface area contributed by atoms with Crippen LogP contribution in [0.4, 0.5) is 4.39 Å². The van der Waals surface area contributed by atoms with E-state index in [0.717, 1.165) is 24.1 Å². The Morgan fingerprint density at radius 2 is 2.00 bits per heavy atom. The molecule has 0 aliphatic carbocycles. The molecule has 0 spiro atoms. The third-order valence-electron chi connectivity index (χ3n) is 2.32. The van der Waals surface area contributed by atoms with Gasteiger partial charge in [-0.25, -0.2) is 4.39 Å². The van der Waals surface area contributed by atoms with Gasteiger partial charge in [-0.3, -0.25) is 0 Å². The minimum absolute atomic E-state index is 0.258. The van der Waals surface area contributed by atoms with Crippen molar-refractivity contribution >= 4 is 0 Å². The highest BCUT2D eigenvalue weighted by atomic mass is 19.1. The average Bonchev–Trinajstić information content (AvgIpc) is 2.76. The molecule has 0 amide bonds. The van der Waals surface area contributed by atoms with Crippen molar-refractivity contribution in [2.45, 2.75) is 12.8 Å². The summed E-state index contributed by atoms with van der Waals surface area (Å²) in [7, 11) is 0. The first-order chi connectivity index (χ1) is 7.79. The van der Waals surface area contributed by atoms with E-state index in [1.165, 1.54) is 12.1 Å². The fourth-order valence-electron chi connectivity index (χ4n) is 1.46. The average molecular weight is 220 g/mol. The van der Waals surface area contributed by atoms with Gasteiger partial charge < -0.3 is 10.3 Å². The summed E-state index contributed by atoms with van der Waals surface area (Å²) in [5.74, 6) is 0.402. The molecule has 0 fully saturated rings. The van der Waals surface area contributed by atoms with E-state index >= 15 is 0 Å². The number of nitrogens with two attached hydrogens (primary N) is 1. The highest BCUT2D eigenvalue weighted by molar-refractivity contribution is 5.56. The van der Waals surface area contributed by atoms with Crippen molar-refractivity contribution in [2.24, 2.45) is 5.73 Å². The molecule has 0 unspecified atom stereocenters. The molecule has 2 N–H and O–H groups in total. The summed E-state index contributed by atoms with van der Waals surface area (Å²) in [5, 5.41) is 3.93. The van der Waals surface area contributed by atoms with E-state index in [-0.39, 0.29) is 5.82 Å². The van der Waals surface area contributed by atoms with Gasteiger partial charge in [0.1, 0.15) is 5.82 Å². The van der Waals surface area contributed by atoms with Gasteiger partial charge in [0.05, 0.1) is 5.69 Å². The third kappa shape index (κ3) is 2.46. The lowest BCUT2D eigenvalue weighted by Gasteiger charge is -1.93. The first kappa shape index (κ1) is 10.8. The first-order valence-electron chi connectivity index (χ1n) is 5.21. The summed E-state index contributed by atoms with van der Waals surface area (Å²) >= 11 is 0. The number of aryl methyl sites for hydroxylation is 1. The quantitative estimate of drug-likeness (QED) is 0.860. The van der Waals surface area contributed by atoms with Gasteiger partial charge in [-0.15, -0.1) is 0 Å². The maximum absolute atomic E-state index is 12.7. The van der Waals surface area contributed by atoms with Crippen molar-refractivity contribution in [1.29, 1.82) is 0 Å². The van der Waals surface area contributed by atoms with Gasteiger partial charge in [0.15, 0.2) is 5.76 Å². The molecule has 84 valence electrons. The summed E-state index contributed by atoms with van der Waals surface area (Å²) in [5.41, 5.74) is 7.12. The number of halogens is 1. The van der Waals surface area contributed by atoms with Crippen molar-refractivity contribution < 1.29 is 8.91 Å². The van der Waals surface area contributed by atoms with Crippen LogP contribution in [-0.4, -0.2) is 11.7 Å². The van der Waals surface area contributed by atoms with Crippen LogP contribution in [0.3, 0.4) is 0 Å². The molecule has 0 bridgehead atoms. The summed E-state index contributed by atoms with van der Waals surface area (Å²) < 4.78 is 17.9. The van der Waals surface area contributed by atoms with Gasteiger partial charge in [0.25, 0.3) is 0 Å². The standard InChI is InChI=1S/C12H13FN2O/c13-10-5-3-9(4-6-10)12-8-11(15-16-12)2-1-7-14/h3-6,8H,1-2,7,14H2. The highest BCUT2D eigenvalue weighted by Crippen LogP contribution is 2.20. The SMILES string of the molecule is NCCCc1cc(-c2ccc(F)cc2)on1. The molecule has 1 heterocycles. The molecular formula is C12H13FN2O. The van der Waals surface area contributed by atoms with Crippen LogP contribution in [0.25, 0.3) is 11.3 Å². The highest BCUT2D eigenvalue weighted by Gasteiger charge is 2.06. The maximum Gasteiger partial charge on any atom is 0.167 e. The van der Waals surface area contributed by atoms with Crippen LogP contribution >= 0.6 is 0 Å². The second kappa shape index (κ2) is 4.90. The second-order valence-electron chi connectivity index (χ2n) is 3.58. The molecule has 2 aromatic rings. The molecule has 2 rings (SSSR count). The Morgan fingerprint density at radius 1 is 1.25 bits per heavy atom. The van der Waals surface area contributed by atoms with Gasteiger partial charge in [0.2, 0.25) is 0 Å². The number of hydrogen-bond acceptors (Lipinski definition) is 3. The molecule has 0 saturated carbocycles. The van der Waals surface area contributed by atoms with E-state index in [2.05, 4.69) is 5.16 Å². The molecule has 1 aromatic carbocycles. The number of benzene rings is 1. The van der Waals surface area contributed by atoms with Crippen molar-refractivity contribution in [3.05, 3.63) is 41.8 Å². The fraction of sp³-hybridized carbons (Fsp3) is 0.250. The van der Waals surface area contributed by atoms with E-state index in [1.807, 2.05) is 6.07 Å². The monoisotopic (exact) mass is 220 g/mol. The van der Waals surface area contributed by atoms with Gasteiger partial charge >= 0.3 is 0 Å². The molecule has 0 saturated heterocycles. The molecule has 16 heavy (non-hydrogen) atoms. The molecule has 0 atom stereocenters. The topological polar surface area (TPSA) is 52.0 Å². The van der Waals surface area contributed by atoms with Gasteiger partial charge in [-0.05, 0) is 43.7 Å². The Kier molecular flexibility index (Phi) is 3.31. The van der Waals surface area contributed by atoms with E-state index in [9.17, 15) is 4.39 Å². The van der Waals surface area contributed by atoms with Crippen molar-refractivity contribution in [2.75, 3.05) is 6.54 Å². The smallest absolute Gasteiger partial charge is 0.167 e. The molecule has 3 nitrogen and oxygen atoms in total. The Balaban J connectivity index is 2.15. The molecule has 0 aliphatic heterocycles. The lowest BCUT2D eigenvalue weighted by atomic mass is 10.1. The van der Waals surface area contributed by atoms with Gasteiger partial charge in [0, 0.05) is 11.6 Å². The minimum Gasteiger partial charge on any atom is -0.356 e. The zero-order chi connectivity index (χ0) is 11.4. The van der Waals surface area contributed by atoms with Crippen LogP contribution in [0.2, 0.25) is 0 Å². The van der Waals surface area contributed by atoms with E-state index in [0.29, 0.717) is 12.3 Å². The fourth-order valence-corrected chi connectivity index (χ4v) is 1.46. The van der Waals surface area contributed by atoms with Gasteiger partial charge in [-0.1, -0.05) is 5.16 Å². The first-order valence-corrected chi connectivity index (χ1v) is 5.21. The van der Waals surface area contributed by atoms with Crippen LogP contribution in [0, 0.1) is 5.82 Å². The predicted octanol–water partition coefficient (Wildman–Crippen LogP) is 2.37. The van der Waals surface area contributed by atoms with Crippen LogP contribution in [0.5, 0.6) is 0 Å². The summed E-state index contributed by atoms with van der Waals surface area (Å²) in [6, 6.07) is 8.00. The molecule has 0 aliphatic rings. The Hall–Kier alpha value is -1.68. The largest absolute Gasteiger partial charge is 0.356 e. The summed E-state index contributed by atoms with van der Waals surface area (Å²) in [6.07, 6.45) is 1.69. The van der Waals surface area contributed by atoms with Gasteiger partial charge in [-0.2, -0.15) is 0 Å². The van der Waals surface area contributed by atoms with Crippen LogP contribution in [-0.2, 0) is 6.42 Å².